The molecule has 92 valence electrons. The quantitative estimate of drug-likeness (QED) is 0.867. The number of thioether (sulfide) groups is 1. The zero-order valence-electron chi connectivity index (χ0n) is 9.34. The number of carboxylic acid groups (broad SMARTS) is 1. The lowest BCUT2D eigenvalue weighted by Gasteiger charge is -2.03. The Morgan fingerprint density at radius 3 is 2.61 bits per heavy atom. The second kappa shape index (κ2) is 5.89. The number of aromatic nitrogens is 1. The van der Waals surface area contributed by atoms with Crippen molar-refractivity contribution in [3.8, 4) is 0 Å². The summed E-state index contributed by atoms with van der Waals surface area (Å²) < 4.78 is 0. The fourth-order valence-corrected chi connectivity index (χ4v) is 2.40. The molecule has 0 aliphatic rings. The molecule has 0 radical (unpaired) electrons. The molecule has 0 unspecified atom stereocenters. The van der Waals surface area contributed by atoms with Gasteiger partial charge in [0.25, 0.3) is 0 Å². The predicted octanol–water partition coefficient (Wildman–Crippen LogP) is 3.73. The van der Waals surface area contributed by atoms with E-state index in [1.54, 1.807) is 12.1 Å². The Hall–Kier alpha value is -1.52. The van der Waals surface area contributed by atoms with Crippen LogP contribution in [0.15, 0.2) is 47.5 Å². The summed E-state index contributed by atoms with van der Waals surface area (Å²) in [5, 5.41) is 9.73. The first-order valence-electron chi connectivity index (χ1n) is 5.23. The lowest BCUT2D eigenvalue weighted by molar-refractivity contribution is 0.0690. The molecule has 1 aromatic heterocycles. The van der Waals surface area contributed by atoms with Gasteiger partial charge >= 0.3 is 5.97 Å². The molecule has 0 aliphatic carbocycles. The van der Waals surface area contributed by atoms with Gasteiger partial charge in [-0.05, 0) is 17.7 Å². The van der Waals surface area contributed by atoms with Crippen molar-refractivity contribution in [2.24, 2.45) is 0 Å². The van der Waals surface area contributed by atoms with Crippen LogP contribution in [0.2, 0.25) is 5.02 Å². The summed E-state index contributed by atoms with van der Waals surface area (Å²) in [5.41, 5.74) is 1.06. The van der Waals surface area contributed by atoms with Crippen molar-refractivity contribution in [2.75, 3.05) is 0 Å². The maximum Gasteiger partial charge on any atom is 0.356 e. The number of hydrogen-bond donors (Lipinski definition) is 1. The molecule has 0 atom stereocenters. The molecule has 0 saturated heterocycles. The van der Waals surface area contributed by atoms with Crippen LogP contribution in [0, 0.1) is 0 Å². The summed E-state index contributed by atoms with van der Waals surface area (Å²) in [5.74, 6) is -0.365. The molecule has 5 heteroatoms. The molecule has 2 aromatic rings. The molecule has 0 aliphatic heterocycles. The zero-order chi connectivity index (χ0) is 13.0. The smallest absolute Gasteiger partial charge is 0.356 e. The van der Waals surface area contributed by atoms with Gasteiger partial charge in [0.05, 0.1) is 10.0 Å². The minimum atomic E-state index is -1.11. The molecule has 3 nitrogen and oxygen atoms in total. The molecule has 0 fully saturated rings. The molecule has 0 bridgehead atoms. The van der Waals surface area contributed by atoms with Gasteiger partial charge in [-0.25, -0.2) is 9.78 Å². The van der Waals surface area contributed by atoms with Gasteiger partial charge in [0, 0.05) is 5.75 Å². The van der Waals surface area contributed by atoms with Crippen molar-refractivity contribution in [3.63, 3.8) is 0 Å². The number of benzene rings is 1. The van der Waals surface area contributed by atoms with Crippen LogP contribution >= 0.6 is 23.4 Å². The fourth-order valence-electron chi connectivity index (χ4n) is 1.39. The second-order valence-corrected chi connectivity index (χ2v) is 4.96. The third-order valence-corrected chi connectivity index (χ3v) is 3.56. The molecular weight excluding hydrogens is 270 g/mol. The van der Waals surface area contributed by atoms with Gasteiger partial charge in [0.15, 0.2) is 5.69 Å². The van der Waals surface area contributed by atoms with Gasteiger partial charge in [-0.1, -0.05) is 41.9 Å². The summed E-state index contributed by atoms with van der Waals surface area (Å²) in [4.78, 5) is 14.9. The minimum absolute atomic E-state index is 0.102. The van der Waals surface area contributed by atoms with Crippen LogP contribution in [0.5, 0.6) is 0 Å². The normalized spacial score (nSPS) is 10.3. The zero-order valence-corrected chi connectivity index (χ0v) is 10.9. The minimum Gasteiger partial charge on any atom is -0.476 e. The first-order chi connectivity index (χ1) is 8.66. The average molecular weight is 280 g/mol. The van der Waals surface area contributed by atoms with Crippen LogP contribution < -0.4 is 0 Å². The topological polar surface area (TPSA) is 50.2 Å². The molecule has 0 spiro atoms. The molecule has 1 N–H and O–H groups in total. The van der Waals surface area contributed by atoms with Crippen LogP contribution in [0.25, 0.3) is 0 Å². The van der Waals surface area contributed by atoms with E-state index in [0.29, 0.717) is 5.03 Å². The van der Waals surface area contributed by atoms with Crippen molar-refractivity contribution >= 4 is 29.3 Å². The number of halogens is 1. The number of hydrogen-bond acceptors (Lipinski definition) is 3. The van der Waals surface area contributed by atoms with Crippen LogP contribution in [0.3, 0.4) is 0 Å². The molecule has 2 rings (SSSR count). The van der Waals surface area contributed by atoms with E-state index >= 15 is 0 Å². The Balaban J connectivity index is 2.11. The van der Waals surface area contributed by atoms with E-state index in [2.05, 4.69) is 4.98 Å². The second-order valence-electron chi connectivity index (χ2n) is 3.56. The lowest BCUT2D eigenvalue weighted by Crippen LogP contribution is -2.01. The number of carbonyl (C=O) groups is 1. The van der Waals surface area contributed by atoms with E-state index in [0.717, 1.165) is 11.3 Å². The monoisotopic (exact) mass is 279 g/mol. The Morgan fingerprint density at radius 2 is 1.94 bits per heavy atom. The highest BCUT2D eigenvalue weighted by molar-refractivity contribution is 7.98. The third-order valence-electron chi connectivity index (χ3n) is 2.25. The van der Waals surface area contributed by atoms with E-state index in [-0.39, 0.29) is 10.7 Å². The summed E-state index contributed by atoms with van der Waals surface area (Å²) in [6.07, 6.45) is 0. The Morgan fingerprint density at radius 1 is 1.22 bits per heavy atom. The molecular formula is C13H10ClNO2S. The highest BCUT2D eigenvalue weighted by Gasteiger charge is 2.11. The fraction of sp³-hybridized carbons (Fsp3) is 0.0769. The first kappa shape index (κ1) is 12.9. The number of rotatable bonds is 4. The molecule has 18 heavy (non-hydrogen) atoms. The number of pyridine rings is 1. The van der Waals surface area contributed by atoms with Crippen LogP contribution in [-0.2, 0) is 5.75 Å². The van der Waals surface area contributed by atoms with Gasteiger partial charge in [-0.2, -0.15) is 0 Å². The van der Waals surface area contributed by atoms with Gasteiger partial charge in [0.2, 0.25) is 0 Å². The van der Waals surface area contributed by atoms with E-state index in [4.69, 9.17) is 16.7 Å². The van der Waals surface area contributed by atoms with Crippen molar-refractivity contribution in [3.05, 3.63) is 58.7 Å². The van der Waals surface area contributed by atoms with Gasteiger partial charge in [-0.15, -0.1) is 11.8 Å². The van der Waals surface area contributed by atoms with Gasteiger partial charge < -0.3 is 5.11 Å². The van der Waals surface area contributed by atoms with Crippen molar-refractivity contribution in [1.82, 2.24) is 4.98 Å². The molecule has 1 aromatic carbocycles. The Labute approximate surface area is 114 Å². The van der Waals surface area contributed by atoms with E-state index in [1.165, 1.54) is 11.8 Å². The van der Waals surface area contributed by atoms with Crippen LogP contribution in [0.4, 0.5) is 0 Å². The van der Waals surface area contributed by atoms with Crippen molar-refractivity contribution in [1.29, 1.82) is 0 Å². The van der Waals surface area contributed by atoms with Crippen molar-refractivity contribution < 1.29 is 9.90 Å². The predicted molar refractivity (Wildman–Crippen MR) is 72.2 cm³/mol. The maximum absolute atomic E-state index is 10.9. The van der Waals surface area contributed by atoms with E-state index < -0.39 is 5.97 Å². The largest absolute Gasteiger partial charge is 0.476 e. The highest BCUT2D eigenvalue weighted by Crippen LogP contribution is 2.24. The van der Waals surface area contributed by atoms with Crippen LogP contribution in [-0.4, -0.2) is 16.1 Å². The first-order valence-corrected chi connectivity index (χ1v) is 6.60. The summed E-state index contributed by atoms with van der Waals surface area (Å²) in [7, 11) is 0. The number of aromatic carboxylic acids is 1. The summed E-state index contributed by atoms with van der Waals surface area (Å²) in [6, 6.07) is 13.2. The molecule has 1 heterocycles. The molecule has 0 amide bonds. The molecule has 0 saturated carbocycles. The average Bonchev–Trinajstić information content (AvgIpc) is 2.38. The highest BCUT2D eigenvalue weighted by atomic mass is 35.5. The summed E-state index contributed by atoms with van der Waals surface area (Å²) in [6.45, 7) is 0. The number of carboxylic acids is 1. The van der Waals surface area contributed by atoms with Crippen LogP contribution in [0.1, 0.15) is 16.1 Å². The van der Waals surface area contributed by atoms with E-state index in [9.17, 15) is 4.79 Å². The Kier molecular flexibility index (Phi) is 4.23. The number of nitrogens with zero attached hydrogens (tertiary/aromatic N) is 1. The Bertz CT molecular complexity index is 560. The lowest BCUT2D eigenvalue weighted by atomic mass is 10.2. The standard InChI is InChI=1S/C13H10ClNO2S/c14-10-6-7-11(15-12(10)13(16)17)18-8-9-4-2-1-3-5-9/h1-7H,8H2,(H,16,17). The SMILES string of the molecule is O=C(O)c1nc(SCc2ccccc2)ccc1Cl. The third kappa shape index (κ3) is 3.24. The van der Waals surface area contributed by atoms with Gasteiger partial charge in [-0.3, -0.25) is 0 Å². The van der Waals surface area contributed by atoms with Crippen molar-refractivity contribution in [2.45, 2.75) is 10.8 Å². The summed E-state index contributed by atoms with van der Waals surface area (Å²) >= 11 is 7.24. The maximum atomic E-state index is 10.9. The van der Waals surface area contributed by atoms with Gasteiger partial charge in [0.1, 0.15) is 0 Å². The van der Waals surface area contributed by atoms with E-state index in [1.807, 2.05) is 30.3 Å².